The number of nitrogens with one attached hydrogen (secondary N) is 1. The number of aromatic nitrogens is 1. The lowest BCUT2D eigenvalue weighted by molar-refractivity contribution is -0.136. The number of carbonyl (C=O) groups is 1. The van der Waals surface area contributed by atoms with Crippen LogP contribution in [-0.4, -0.2) is 28.4 Å². The molecule has 0 unspecified atom stereocenters. The first-order valence-corrected chi connectivity index (χ1v) is 12.5. The third-order valence-electron chi connectivity index (χ3n) is 6.74. The maximum atomic E-state index is 13.6. The van der Waals surface area contributed by atoms with Gasteiger partial charge in [0.1, 0.15) is 0 Å². The van der Waals surface area contributed by atoms with E-state index in [0.29, 0.717) is 39.7 Å². The van der Waals surface area contributed by atoms with Crippen molar-refractivity contribution in [3.63, 3.8) is 0 Å². The van der Waals surface area contributed by atoms with E-state index < -0.39 is 6.04 Å². The summed E-state index contributed by atoms with van der Waals surface area (Å²) >= 11 is 6.38. The zero-order valence-corrected chi connectivity index (χ0v) is 21.1. The predicted octanol–water partition coefficient (Wildman–Crippen LogP) is 5.91. The third kappa shape index (κ3) is 4.05. The van der Waals surface area contributed by atoms with Gasteiger partial charge in [0, 0.05) is 33.8 Å². The minimum absolute atomic E-state index is 0.126. The van der Waals surface area contributed by atoms with E-state index in [1.165, 1.54) is 5.01 Å². The zero-order chi connectivity index (χ0) is 25.7. The van der Waals surface area contributed by atoms with Gasteiger partial charge in [-0.15, -0.1) is 0 Å². The fourth-order valence-corrected chi connectivity index (χ4v) is 5.13. The Labute approximate surface area is 218 Å². The molecule has 1 aromatic heterocycles. The van der Waals surface area contributed by atoms with Gasteiger partial charge in [0.05, 0.1) is 17.3 Å². The minimum Gasteiger partial charge on any atom is -0.454 e. The largest absolute Gasteiger partial charge is 0.454 e. The van der Waals surface area contributed by atoms with Crippen molar-refractivity contribution < 1.29 is 14.3 Å². The van der Waals surface area contributed by atoms with E-state index in [0.717, 1.165) is 22.1 Å². The maximum absolute atomic E-state index is 13.6. The van der Waals surface area contributed by atoms with E-state index >= 15 is 0 Å². The molecule has 1 N–H and O–H groups in total. The number of hydrogen-bond donors (Lipinski definition) is 1. The van der Waals surface area contributed by atoms with Gasteiger partial charge in [0.2, 0.25) is 12.7 Å². The molecule has 1 atom stereocenters. The summed E-state index contributed by atoms with van der Waals surface area (Å²) in [5, 5.41) is 7.66. The second kappa shape index (κ2) is 9.09. The molecule has 0 saturated carbocycles. The molecule has 0 bridgehead atoms. The van der Waals surface area contributed by atoms with Gasteiger partial charge in [-0.1, -0.05) is 61.8 Å². The fourth-order valence-electron chi connectivity index (χ4n) is 4.95. The summed E-state index contributed by atoms with van der Waals surface area (Å²) in [5.74, 6) is 0.894. The Morgan fingerprint density at radius 3 is 2.59 bits per heavy atom. The quantitative estimate of drug-likeness (QED) is 0.367. The molecule has 2 aliphatic heterocycles. The molecule has 4 aromatic rings. The lowest BCUT2D eigenvalue weighted by atomic mass is 9.91. The SMILES string of the molecule is CC(C)C(=O)N1N=C(c2c(-c3ccccc3)c3cc(Cl)ccc3[nH]c2=O)C[C@@H]1c1ccc2c(c1)OCO2. The zero-order valence-electron chi connectivity index (χ0n) is 20.3. The number of nitrogens with zero attached hydrogens (tertiary/aromatic N) is 2. The van der Waals surface area contributed by atoms with E-state index in [1.807, 2.05) is 68.4 Å². The number of pyridine rings is 1. The number of hydrazone groups is 1. The molecule has 37 heavy (non-hydrogen) atoms. The number of halogens is 1. The molecule has 7 nitrogen and oxygen atoms in total. The van der Waals surface area contributed by atoms with Crippen LogP contribution in [-0.2, 0) is 4.79 Å². The molecule has 0 spiro atoms. The van der Waals surface area contributed by atoms with Gasteiger partial charge in [-0.2, -0.15) is 5.10 Å². The van der Waals surface area contributed by atoms with E-state index in [1.54, 1.807) is 12.1 Å². The van der Waals surface area contributed by atoms with E-state index in [4.69, 9.17) is 26.2 Å². The van der Waals surface area contributed by atoms with E-state index in [2.05, 4.69) is 4.98 Å². The third-order valence-corrected chi connectivity index (χ3v) is 6.97. The van der Waals surface area contributed by atoms with Crippen LogP contribution in [0.3, 0.4) is 0 Å². The van der Waals surface area contributed by atoms with Crippen molar-refractivity contribution in [1.29, 1.82) is 0 Å². The van der Waals surface area contributed by atoms with Crippen molar-refractivity contribution in [2.45, 2.75) is 26.3 Å². The topological polar surface area (TPSA) is 84.0 Å². The minimum atomic E-state index is -0.391. The van der Waals surface area contributed by atoms with Crippen LogP contribution in [0.25, 0.3) is 22.0 Å². The standard InChI is InChI=1S/C29H24ClN3O4/c1-16(2)29(35)33-23(18-8-11-24-25(12-18)37-15-36-24)14-22(32-33)27-26(17-6-4-3-5-7-17)20-13-19(30)9-10-21(20)31-28(27)34/h3-13,16,23H,14-15H2,1-2H3,(H,31,34)/t23-/m1/s1. The number of rotatable bonds is 4. The number of fused-ring (bicyclic) bond motifs is 2. The van der Waals surface area contributed by atoms with Gasteiger partial charge in [0.15, 0.2) is 11.5 Å². The second-order valence-electron chi connectivity index (χ2n) is 9.48. The van der Waals surface area contributed by atoms with Crippen LogP contribution in [0, 0.1) is 5.92 Å². The van der Waals surface area contributed by atoms with Crippen LogP contribution >= 0.6 is 11.6 Å². The Morgan fingerprint density at radius 2 is 1.81 bits per heavy atom. The Balaban J connectivity index is 1.55. The van der Waals surface area contributed by atoms with Crippen LogP contribution in [0.2, 0.25) is 5.02 Å². The Hall–Kier alpha value is -4.10. The van der Waals surface area contributed by atoms with Gasteiger partial charge in [0.25, 0.3) is 5.56 Å². The molecular weight excluding hydrogens is 490 g/mol. The highest BCUT2D eigenvalue weighted by molar-refractivity contribution is 6.31. The molecule has 6 rings (SSSR count). The molecule has 0 aliphatic carbocycles. The Kier molecular flexibility index (Phi) is 5.72. The van der Waals surface area contributed by atoms with Crippen LogP contribution in [0.15, 0.2) is 76.6 Å². The van der Waals surface area contributed by atoms with Crippen LogP contribution in [0.5, 0.6) is 11.5 Å². The molecule has 0 radical (unpaired) electrons. The van der Waals surface area contributed by atoms with Crippen LogP contribution < -0.4 is 15.0 Å². The number of ether oxygens (including phenoxy) is 2. The lowest BCUT2D eigenvalue weighted by Crippen LogP contribution is -2.30. The van der Waals surface area contributed by atoms with Crippen molar-refractivity contribution >= 4 is 34.1 Å². The average Bonchev–Trinajstić information content (AvgIpc) is 3.55. The van der Waals surface area contributed by atoms with Crippen molar-refractivity contribution in [1.82, 2.24) is 9.99 Å². The summed E-state index contributed by atoms with van der Waals surface area (Å²) in [7, 11) is 0. The van der Waals surface area contributed by atoms with E-state index in [9.17, 15) is 9.59 Å². The summed E-state index contributed by atoms with van der Waals surface area (Å²) in [6.45, 7) is 3.84. The molecule has 8 heteroatoms. The first-order chi connectivity index (χ1) is 17.9. The number of amides is 1. The number of aromatic amines is 1. The molecule has 2 aliphatic rings. The average molecular weight is 514 g/mol. The molecule has 0 saturated heterocycles. The smallest absolute Gasteiger partial charge is 0.258 e. The highest BCUT2D eigenvalue weighted by Crippen LogP contribution is 2.41. The summed E-state index contributed by atoms with van der Waals surface area (Å²) in [6, 6.07) is 20.4. The van der Waals surface area contributed by atoms with Gasteiger partial charge in [-0.25, -0.2) is 5.01 Å². The summed E-state index contributed by atoms with van der Waals surface area (Å²) in [5.41, 5.74) is 3.85. The van der Waals surface area contributed by atoms with E-state index in [-0.39, 0.29) is 24.2 Å². The lowest BCUT2D eigenvalue weighted by Gasteiger charge is -2.23. The summed E-state index contributed by atoms with van der Waals surface area (Å²) in [6.07, 6.45) is 0.368. The Bertz CT molecular complexity index is 1630. The van der Waals surface area contributed by atoms with Crippen molar-refractivity contribution in [3.05, 3.63) is 93.2 Å². The highest BCUT2D eigenvalue weighted by Gasteiger charge is 2.37. The molecule has 1 amide bonds. The van der Waals surface area contributed by atoms with Crippen molar-refractivity contribution in [3.8, 4) is 22.6 Å². The highest BCUT2D eigenvalue weighted by atomic mass is 35.5. The second-order valence-corrected chi connectivity index (χ2v) is 9.91. The predicted molar refractivity (Wildman–Crippen MR) is 143 cm³/mol. The van der Waals surface area contributed by atoms with Gasteiger partial charge >= 0.3 is 0 Å². The van der Waals surface area contributed by atoms with Crippen molar-refractivity contribution in [2.24, 2.45) is 11.0 Å². The molecule has 3 heterocycles. The first kappa shape index (κ1) is 23.3. The molecule has 186 valence electrons. The molecule has 0 fully saturated rings. The van der Waals surface area contributed by atoms with Crippen LogP contribution in [0.4, 0.5) is 0 Å². The number of H-pyrrole nitrogens is 1. The van der Waals surface area contributed by atoms with Crippen LogP contribution in [0.1, 0.15) is 37.4 Å². The molecule has 3 aromatic carbocycles. The van der Waals surface area contributed by atoms with Gasteiger partial charge in [-0.3, -0.25) is 9.59 Å². The van der Waals surface area contributed by atoms with Gasteiger partial charge < -0.3 is 14.5 Å². The number of hydrogen-bond acceptors (Lipinski definition) is 5. The molecular formula is C29H24ClN3O4. The first-order valence-electron chi connectivity index (χ1n) is 12.1. The fraction of sp³-hybridized carbons (Fsp3) is 0.207. The number of carbonyl (C=O) groups excluding carboxylic acids is 1. The monoisotopic (exact) mass is 513 g/mol. The summed E-state index contributed by atoms with van der Waals surface area (Å²) < 4.78 is 11.0. The summed E-state index contributed by atoms with van der Waals surface area (Å²) in [4.78, 5) is 29.9. The normalized spacial score (nSPS) is 16.5. The number of benzene rings is 3. The van der Waals surface area contributed by atoms with Crippen molar-refractivity contribution in [2.75, 3.05) is 6.79 Å². The Morgan fingerprint density at radius 1 is 1.03 bits per heavy atom. The maximum Gasteiger partial charge on any atom is 0.258 e. The van der Waals surface area contributed by atoms with Gasteiger partial charge in [-0.05, 0) is 41.5 Å².